The normalized spacial score (nSPS) is 16.5. The maximum absolute atomic E-state index is 13.0. The van der Waals surface area contributed by atoms with E-state index in [9.17, 15) is 9.59 Å². The maximum Gasteiger partial charge on any atom is 0.227 e. The minimum absolute atomic E-state index is 0.00132. The van der Waals surface area contributed by atoms with Gasteiger partial charge in [0.1, 0.15) is 0 Å². The highest BCUT2D eigenvalue weighted by atomic mass is 35.5. The average molecular weight is 456 g/mol. The van der Waals surface area contributed by atoms with Crippen molar-refractivity contribution in [3.05, 3.63) is 99.1 Å². The smallest absolute Gasteiger partial charge is 0.227 e. The number of hydrogen-bond donors (Lipinski definition) is 1. The monoisotopic (exact) mass is 455 g/mol. The summed E-state index contributed by atoms with van der Waals surface area (Å²) in [5.41, 5.74) is 6.01. The average Bonchev–Trinajstić information content (AvgIpc) is 3.52. The number of benzene rings is 3. The van der Waals surface area contributed by atoms with Crippen molar-refractivity contribution in [2.45, 2.75) is 33.6 Å². The molecule has 3 nitrogen and oxygen atoms in total. The highest BCUT2D eigenvalue weighted by Gasteiger charge is 2.39. The lowest BCUT2D eigenvalue weighted by molar-refractivity contribution is -0.117. The lowest BCUT2D eigenvalue weighted by atomic mass is 9.97. The van der Waals surface area contributed by atoms with Gasteiger partial charge in [0.15, 0.2) is 5.78 Å². The summed E-state index contributed by atoms with van der Waals surface area (Å²) in [7, 11) is 0. The van der Waals surface area contributed by atoms with Crippen molar-refractivity contribution in [3.8, 4) is 11.8 Å². The molecule has 1 aliphatic carbocycles. The van der Waals surface area contributed by atoms with Crippen LogP contribution in [0.4, 0.5) is 5.69 Å². The molecule has 1 fully saturated rings. The van der Waals surface area contributed by atoms with E-state index in [1.807, 2.05) is 50.2 Å². The Morgan fingerprint density at radius 3 is 2.39 bits per heavy atom. The number of rotatable bonds is 5. The molecule has 0 bridgehead atoms. The predicted molar refractivity (Wildman–Crippen MR) is 134 cm³/mol. The Hall–Kier alpha value is -3.35. The van der Waals surface area contributed by atoms with E-state index in [0.717, 1.165) is 28.7 Å². The molecule has 1 saturated carbocycles. The molecule has 2 atom stereocenters. The van der Waals surface area contributed by atoms with Gasteiger partial charge in [0.25, 0.3) is 0 Å². The molecule has 0 heterocycles. The minimum Gasteiger partial charge on any atom is -0.326 e. The number of hydrogen-bond acceptors (Lipinski definition) is 2. The van der Waals surface area contributed by atoms with Crippen molar-refractivity contribution in [3.63, 3.8) is 0 Å². The van der Waals surface area contributed by atoms with Crippen LogP contribution in [0.2, 0.25) is 5.02 Å². The molecule has 0 aliphatic heterocycles. The second-order valence-electron chi connectivity index (χ2n) is 8.86. The first-order valence-electron chi connectivity index (χ1n) is 11.1. The number of anilines is 1. The number of Topliss-reactive ketones (excluding diaryl/α,β-unsaturated/α-hetero) is 1. The number of amides is 1. The summed E-state index contributed by atoms with van der Waals surface area (Å²) in [4.78, 5) is 25.3. The van der Waals surface area contributed by atoms with Crippen molar-refractivity contribution in [2.24, 2.45) is 11.8 Å². The van der Waals surface area contributed by atoms with Gasteiger partial charge >= 0.3 is 0 Å². The molecule has 0 radical (unpaired) electrons. The highest BCUT2D eigenvalue weighted by Crippen LogP contribution is 2.38. The molecule has 33 heavy (non-hydrogen) atoms. The number of carbonyl (C=O) groups is 2. The first-order chi connectivity index (χ1) is 15.8. The Labute approximate surface area is 200 Å². The molecular weight excluding hydrogens is 430 g/mol. The van der Waals surface area contributed by atoms with Crippen LogP contribution in [-0.4, -0.2) is 11.7 Å². The maximum atomic E-state index is 13.0. The topological polar surface area (TPSA) is 46.2 Å². The van der Waals surface area contributed by atoms with Crippen LogP contribution in [0.5, 0.6) is 0 Å². The van der Waals surface area contributed by atoms with E-state index < -0.39 is 0 Å². The summed E-state index contributed by atoms with van der Waals surface area (Å²) in [6, 6.07) is 19.0. The van der Waals surface area contributed by atoms with Gasteiger partial charge in [-0.05, 0) is 85.3 Å². The first kappa shape index (κ1) is 22.8. The number of nitrogens with one attached hydrogen (secondary N) is 1. The fraction of sp³-hybridized carbons (Fsp3) is 0.241. The zero-order valence-corrected chi connectivity index (χ0v) is 19.8. The summed E-state index contributed by atoms with van der Waals surface area (Å²) in [6.07, 6.45) is 1.14. The van der Waals surface area contributed by atoms with Crippen LogP contribution in [0, 0.1) is 37.5 Å². The van der Waals surface area contributed by atoms with Crippen LogP contribution in [0.3, 0.4) is 0 Å². The molecule has 0 unspecified atom stereocenters. The number of ketones is 1. The molecule has 1 amide bonds. The van der Waals surface area contributed by atoms with Crippen molar-refractivity contribution >= 4 is 29.0 Å². The molecule has 4 rings (SSSR count). The Bertz CT molecular complexity index is 1300. The number of halogens is 1. The molecule has 4 heteroatoms. The molecule has 0 spiro atoms. The van der Waals surface area contributed by atoms with E-state index in [2.05, 4.69) is 30.1 Å². The van der Waals surface area contributed by atoms with E-state index in [0.29, 0.717) is 22.2 Å². The fourth-order valence-electron chi connectivity index (χ4n) is 3.85. The Morgan fingerprint density at radius 2 is 1.73 bits per heavy atom. The molecular formula is C29H26ClNO2. The first-order valence-corrected chi connectivity index (χ1v) is 11.5. The lowest BCUT2D eigenvalue weighted by Gasteiger charge is -2.10. The van der Waals surface area contributed by atoms with E-state index in [-0.39, 0.29) is 24.0 Å². The Morgan fingerprint density at radius 1 is 1.00 bits per heavy atom. The highest BCUT2D eigenvalue weighted by molar-refractivity contribution is 6.34. The van der Waals surface area contributed by atoms with Gasteiger partial charge in [0.2, 0.25) is 5.91 Å². The molecule has 3 aromatic rings. The Kier molecular flexibility index (Phi) is 6.67. The summed E-state index contributed by atoms with van der Waals surface area (Å²) in [6.45, 7) is 6.09. The third-order valence-corrected chi connectivity index (χ3v) is 6.37. The number of carbonyl (C=O) groups excluding carboxylic acids is 2. The van der Waals surface area contributed by atoms with Gasteiger partial charge in [-0.15, -0.1) is 0 Å². The molecule has 0 aromatic heterocycles. The van der Waals surface area contributed by atoms with Crippen LogP contribution >= 0.6 is 11.6 Å². The molecule has 1 aliphatic rings. The van der Waals surface area contributed by atoms with Gasteiger partial charge in [-0.2, -0.15) is 0 Å². The second kappa shape index (κ2) is 9.65. The second-order valence-corrected chi connectivity index (χ2v) is 9.27. The minimum atomic E-state index is -0.0856. The molecule has 1 N–H and O–H groups in total. The largest absolute Gasteiger partial charge is 0.326 e. The van der Waals surface area contributed by atoms with E-state index in [1.165, 1.54) is 5.56 Å². The summed E-state index contributed by atoms with van der Waals surface area (Å²) >= 11 is 6.32. The quantitative estimate of drug-likeness (QED) is 0.358. The standard InChI is InChI=1S/C29H26ClNO2/c1-18-5-4-6-21(13-18)7-8-22-9-10-23(19(2)14-22)16-28(32)26-17-24(11-12-27(26)30)31-29(33)25-15-20(25)3/h4-6,9-14,17,20,25H,15-16H2,1-3H3,(H,31,33)/t20-,25-/m0/s1. The molecule has 3 aromatic carbocycles. The van der Waals surface area contributed by atoms with Gasteiger partial charge in [-0.25, -0.2) is 0 Å². The van der Waals surface area contributed by atoms with Gasteiger partial charge in [-0.3, -0.25) is 9.59 Å². The van der Waals surface area contributed by atoms with Gasteiger partial charge < -0.3 is 5.32 Å². The SMILES string of the molecule is Cc1cccc(C#Cc2ccc(CC(=O)c3cc(NC(=O)[C@H]4C[C@@H]4C)ccc3Cl)c(C)c2)c1. The summed E-state index contributed by atoms with van der Waals surface area (Å²) < 4.78 is 0. The predicted octanol–water partition coefficient (Wildman–Crippen LogP) is 6.38. The van der Waals surface area contributed by atoms with Crippen LogP contribution in [0.15, 0.2) is 60.7 Å². The zero-order valence-electron chi connectivity index (χ0n) is 19.0. The molecule has 0 saturated heterocycles. The third-order valence-electron chi connectivity index (χ3n) is 6.04. The van der Waals surface area contributed by atoms with Crippen molar-refractivity contribution < 1.29 is 9.59 Å². The van der Waals surface area contributed by atoms with Crippen LogP contribution in [0.25, 0.3) is 0 Å². The van der Waals surface area contributed by atoms with Crippen molar-refractivity contribution in [1.29, 1.82) is 0 Å². The summed E-state index contributed by atoms with van der Waals surface area (Å²) in [5.74, 6) is 6.79. The van der Waals surface area contributed by atoms with Crippen LogP contribution in [0.1, 0.15) is 51.5 Å². The van der Waals surface area contributed by atoms with E-state index in [4.69, 9.17) is 11.6 Å². The Balaban J connectivity index is 1.47. The molecule has 166 valence electrons. The third kappa shape index (κ3) is 5.72. The zero-order chi connectivity index (χ0) is 23.5. The van der Waals surface area contributed by atoms with E-state index in [1.54, 1.807) is 18.2 Å². The summed E-state index contributed by atoms with van der Waals surface area (Å²) in [5, 5.41) is 3.29. The van der Waals surface area contributed by atoms with Crippen molar-refractivity contribution in [1.82, 2.24) is 0 Å². The fourth-order valence-corrected chi connectivity index (χ4v) is 4.07. The lowest BCUT2D eigenvalue weighted by Crippen LogP contribution is -2.15. The van der Waals surface area contributed by atoms with Crippen LogP contribution in [-0.2, 0) is 11.2 Å². The van der Waals surface area contributed by atoms with Crippen LogP contribution < -0.4 is 5.32 Å². The van der Waals surface area contributed by atoms with E-state index >= 15 is 0 Å². The number of aryl methyl sites for hydroxylation is 2. The van der Waals surface area contributed by atoms with Crippen molar-refractivity contribution in [2.75, 3.05) is 5.32 Å². The van der Waals surface area contributed by atoms with Gasteiger partial charge in [-0.1, -0.05) is 48.6 Å². The van der Waals surface area contributed by atoms with Gasteiger partial charge in [0.05, 0.1) is 5.02 Å². The van der Waals surface area contributed by atoms with Gasteiger partial charge in [0, 0.05) is 34.7 Å².